The first-order valence-corrected chi connectivity index (χ1v) is 18.6. The van der Waals surface area contributed by atoms with Crippen LogP contribution in [0.2, 0.25) is 0 Å². The molecule has 3 aliphatic rings. The fourth-order valence-electron chi connectivity index (χ4n) is 6.37. The van der Waals surface area contributed by atoms with Crippen LogP contribution in [0.3, 0.4) is 0 Å². The molecule has 0 bridgehead atoms. The van der Waals surface area contributed by atoms with Gasteiger partial charge in [-0.3, -0.25) is 23.0 Å². The van der Waals surface area contributed by atoms with Crippen molar-refractivity contribution in [2.75, 3.05) is 32.3 Å². The molecule has 0 radical (unpaired) electrons. The van der Waals surface area contributed by atoms with Gasteiger partial charge in [0, 0.05) is 37.7 Å². The lowest BCUT2D eigenvalue weighted by Gasteiger charge is -2.44. The minimum absolute atomic E-state index is 0.00575. The summed E-state index contributed by atoms with van der Waals surface area (Å²) in [6.45, 7) is 2.11. The molecule has 5 aromatic heterocycles. The number of aromatic amines is 1. The van der Waals surface area contributed by atoms with Gasteiger partial charge in [0.25, 0.3) is 5.56 Å². The van der Waals surface area contributed by atoms with Crippen LogP contribution in [0.1, 0.15) is 18.7 Å². The summed E-state index contributed by atoms with van der Waals surface area (Å²) < 4.78 is 76.4. The first kappa shape index (κ1) is 30.4. The summed E-state index contributed by atoms with van der Waals surface area (Å²) in [5.74, 6) is -0.0317. The number of anilines is 1. The van der Waals surface area contributed by atoms with Gasteiger partial charge in [0.2, 0.25) is 5.78 Å². The zero-order valence-corrected chi connectivity index (χ0v) is 26.7. The number of aromatic nitrogens is 9. The molecular formula is C26H29FN10O8P2. The van der Waals surface area contributed by atoms with Crippen LogP contribution in [0, 0.1) is 11.8 Å². The number of hydrogen-bond donors (Lipinski definition) is 2. The second kappa shape index (κ2) is 11.0. The van der Waals surface area contributed by atoms with E-state index in [1.165, 1.54) is 47.4 Å². The quantitative estimate of drug-likeness (QED) is 0.255. The van der Waals surface area contributed by atoms with E-state index in [0.29, 0.717) is 17.8 Å². The van der Waals surface area contributed by atoms with Crippen molar-refractivity contribution in [3.8, 4) is 0 Å². The highest BCUT2D eigenvalue weighted by Crippen LogP contribution is 2.54. The van der Waals surface area contributed by atoms with Crippen LogP contribution in [0.5, 0.6) is 0 Å². The maximum absolute atomic E-state index is 16.2. The molecule has 18 nitrogen and oxygen atoms in total. The van der Waals surface area contributed by atoms with Crippen molar-refractivity contribution in [2.24, 2.45) is 11.8 Å². The Morgan fingerprint density at radius 2 is 1.81 bits per heavy atom. The normalized spacial score (nSPS) is 35.6. The third-order valence-corrected chi connectivity index (χ3v) is 11.1. The van der Waals surface area contributed by atoms with Crippen LogP contribution in [-0.4, -0.2) is 88.4 Å². The summed E-state index contributed by atoms with van der Waals surface area (Å²) in [6, 6.07) is -0.227. The average Bonchev–Trinajstić information content (AvgIpc) is 3.81. The third-order valence-electron chi connectivity index (χ3n) is 8.77. The van der Waals surface area contributed by atoms with Crippen molar-refractivity contribution >= 4 is 49.1 Å². The standard InChI is InChI=1S/C26H29FN10O8P2/c1-46(39)41-6-3-14-13(7-15(14)36-11-33-19-23(36)34-26-29-4-5-35(26)24(19)38)8-42-47(2,40)45-20-16(9-43-46)44-25(17(20)27)37-12-32-18-21(28)30-10-31-22(18)37/h3-6,10-17,20,25H,7-9H2,1-2H3,(H,29,34)(H2,28,30,31)/b6-3+/t13-,14-,15-,16-,17-,20-,25-,46+,47+/m1/s1. The monoisotopic (exact) mass is 690 g/mol. The Morgan fingerprint density at radius 3 is 2.66 bits per heavy atom. The number of ether oxygens (including phenoxy) is 1. The molecule has 0 aromatic carbocycles. The van der Waals surface area contributed by atoms with E-state index in [-0.39, 0.29) is 52.5 Å². The van der Waals surface area contributed by atoms with Crippen molar-refractivity contribution in [2.45, 2.75) is 37.1 Å². The zero-order valence-electron chi connectivity index (χ0n) is 24.9. The zero-order chi connectivity index (χ0) is 32.7. The lowest BCUT2D eigenvalue weighted by molar-refractivity contribution is -0.0419. The van der Waals surface area contributed by atoms with Crippen LogP contribution < -0.4 is 11.3 Å². The lowest BCUT2D eigenvalue weighted by atomic mass is 9.69. The first-order chi connectivity index (χ1) is 22.5. The van der Waals surface area contributed by atoms with Crippen LogP contribution in [0.15, 0.2) is 48.5 Å². The van der Waals surface area contributed by atoms with Gasteiger partial charge in [0.15, 0.2) is 29.4 Å². The third kappa shape index (κ3) is 5.17. The number of alkyl halides is 1. The predicted molar refractivity (Wildman–Crippen MR) is 162 cm³/mol. The Balaban J connectivity index is 1.07. The van der Waals surface area contributed by atoms with Gasteiger partial charge in [-0.25, -0.2) is 38.3 Å². The van der Waals surface area contributed by atoms with Crippen LogP contribution in [0.4, 0.5) is 10.2 Å². The Hall–Kier alpha value is -3.99. The molecule has 7 heterocycles. The Labute approximate surface area is 264 Å². The van der Waals surface area contributed by atoms with Gasteiger partial charge < -0.3 is 29.1 Å². The van der Waals surface area contributed by atoms with E-state index in [9.17, 15) is 13.9 Å². The molecule has 5 aromatic rings. The largest absolute Gasteiger partial charge is 0.433 e. The fraction of sp³-hybridized carbons (Fsp3) is 0.462. The molecule has 47 heavy (non-hydrogen) atoms. The van der Waals surface area contributed by atoms with Crippen LogP contribution >= 0.6 is 15.2 Å². The van der Waals surface area contributed by atoms with E-state index in [4.69, 9.17) is 28.6 Å². The summed E-state index contributed by atoms with van der Waals surface area (Å²) in [5.41, 5.74) is 6.77. The van der Waals surface area contributed by atoms with Gasteiger partial charge in [-0.05, 0) is 18.4 Å². The van der Waals surface area contributed by atoms with Crippen molar-refractivity contribution in [3.63, 3.8) is 0 Å². The molecule has 2 aliphatic heterocycles. The molecule has 9 atom stereocenters. The van der Waals surface area contributed by atoms with Gasteiger partial charge in [-0.2, -0.15) is 0 Å². The number of imidazole rings is 3. The first-order valence-electron chi connectivity index (χ1n) is 14.6. The van der Waals surface area contributed by atoms with Gasteiger partial charge in [-0.1, -0.05) is 0 Å². The number of hydrogen-bond acceptors (Lipinski definition) is 14. The van der Waals surface area contributed by atoms with Crippen molar-refractivity contribution < 1.29 is 36.4 Å². The van der Waals surface area contributed by atoms with Crippen molar-refractivity contribution in [1.82, 2.24) is 43.4 Å². The van der Waals surface area contributed by atoms with E-state index >= 15 is 4.39 Å². The molecule has 248 valence electrons. The van der Waals surface area contributed by atoms with Gasteiger partial charge in [0.05, 0.1) is 32.1 Å². The number of allylic oxidation sites excluding steroid dienone is 1. The van der Waals surface area contributed by atoms with Gasteiger partial charge in [-0.15, -0.1) is 0 Å². The maximum Gasteiger partial charge on any atom is 0.375 e. The van der Waals surface area contributed by atoms with Crippen molar-refractivity contribution in [1.29, 1.82) is 0 Å². The Kier molecular flexibility index (Phi) is 7.13. The molecule has 21 heteroatoms. The summed E-state index contributed by atoms with van der Waals surface area (Å²) in [5, 5.41) is 0. The Morgan fingerprint density at radius 1 is 1.02 bits per heavy atom. The minimum Gasteiger partial charge on any atom is -0.433 e. The van der Waals surface area contributed by atoms with Crippen LogP contribution in [-0.2, 0) is 32.0 Å². The smallest absolute Gasteiger partial charge is 0.375 e. The summed E-state index contributed by atoms with van der Waals surface area (Å²) in [7, 11) is -7.62. The molecule has 0 spiro atoms. The number of rotatable bonds is 2. The number of fused-ring (bicyclic) bond motifs is 5. The van der Waals surface area contributed by atoms with E-state index in [1.54, 1.807) is 18.6 Å². The minimum atomic E-state index is -3.89. The highest BCUT2D eigenvalue weighted by Gasteiger charge is 2.51. The molecule has 1 saturated heterocycles. The number of nitrogens with zero attached hydrogens (tertiary/aromatic N) is 8. The second-order valence-electron chi connectivity index (χ2n) is 11.8. The lowest BCUT2D eigenvalue weighted by Crippen LogP contribution is -2.40. The van der Waals surface area contributed by atoms with Crippen molar-refractivity contribution in [3.05, 3.63) is 54.1 Å². The second-order valence-corrected chi connectivity index (χ2v) is 15.8. The molecular weight excluding hydrogens is 661 g/mol. The summed E-state index contributed by atoms with van der Waals surface area (Å²) >= 11 is 0. The van der Waals surface area contributed by atoms with Gasteiger partial charge in [0.1, 0.15) is 29.7 Å². The topological polar surface area (TPSA) is 218 Å². The fourth-order valence-corrected chi connectivity index (χ4v) is 8.36. The molecule has 0 unspecified atom stereocenters. The molecule has 1 saturated carbocycles. The summed E-state index contributed by atoms with van der Waals surface area (Å²) in [6.07, 6.45) is 4.87. The number of halogens is 1. The highest BCUT2D eigenvalue weighted by atomic mass is 31.2. The summed E-state index contributed by atoms with van der Waals surface area (Å²) in [4.78, 5) is 36.8. The molecule has 3 N–H and O–H groups in total. The molecule has 0 amide bonds. The SMILES string of the molecule is C[P@]1(=O)O/C=C/[C@@H]2[C@@H](CO[P@](C)(=O)O[C@H]3[C@@H](F)[C@H](n4cnc5c(N)ncnc54)O[C@@H]3CO1)C[C@H]2n1cnc2c(=O)n3ccnc3[nH]c21. The Bertz CT molecular complexity index is 2200. The van der Waals surface area contributed by atoms with E-state index in [2.05, 4.69) is 29.9 Å². The van der Waals surface area contributed by atoms with Gasteiger partial charge >= 0.3 is 15.2 Å². The van der Waals surface area contributed by atoms with E-state index < -0.39 is 46.4 Å². The highest BCUT2D eigenvalue weighted by molar-refractivity contribution is 7.53. The molecule has 2 fully saturated rings. The molecule has 1 aliphatic carbocycles. The van der Waals surface area contributed by atoms with E-state index in [0.717, 1.165) is 0 Å². The molecule has 8 rings (SSSR count). The number of nitrogens with two attached hydrogens (primary N) is 1. The average molecular weight is 691 g/mol. The van der Waals surface area contributed by atoms with Crippen LogP contribution in [0.25, 0.3) is 28.1 Å². The number of nitrogens with one attached hydrogen (secondary N) is 1. The maximum atomic E-state index is 16.2. The number of nitrogen functional groups attached to an aromatic ring is 1. The number of H-pyrrole nitrogens is 1. The predicted octanol–water partition coefficient (Wildman–Crippen LogP) is 2.82. The van der Waals surface area contributed by atoms with E-state index in [1.807, 2.05) is 4.57 Å².